The van der Waals surface area contributed by atoms with Crippen molar-refractivity contribution in [1.82, 2.24) is 25.0 Å². The Morgan fingerprint density at radius 1 is 1.02 bits per heavy atom. The SMILES string of the molecule is COC(=O)C[C@H]1C(=O)N(CC(=O)O)CCN1C(=O)[C@@](CC=O)(NCc1ccc(OC)cc1)N1CCN(c2ccncc2)CC1. The number of carboxylic acids is 1. The van der Waals surface area contributed by atoms with E-state index in [9.17, 15) is 29.1 Å². The number of carbonyl (C=O) groups is 5. The molecule has 0 saturated carbocycles. The second-order valence-corrected chi connectivity index (χ2v) is 10.6. The maximum Gasteiger partial charge on any atom is 0.323 e. The molecule has 14 heteroatoms. The molecule has 0 bridgehead atoms. The average molecular weight is 611 g/mol. The van der Waals surface area contributed by atoms with Crippen LogP contribution in [0.4, 0.5) is 5.69 Å². The van der Waals surface area contributed by atoms with Gasteiger partial charge in [-0.05, 0) is 29.8 Å². The molecule has 236 valence electrons. The smallest absolute Gasteiger partial charge is 0.323 e. The lowest BCUT2D eigenvalue weighted by molar-refractivity contribution is -0.166. The summed E-state index contributed by atoms with van der Waals surface area (Å²) >= 11 is 0. The Labute approximate surface area is 255 Å². The second-order valence-electron chi connectivity index (χ2n) is 10.6. The third-order valence-corrected chi connectivity index (χ3v) is 8.08. The van der Waals surface area contributed by atoms with Crippen molar-refractivity contribution in [2.24, 2.45) is 0 Å². The van der Waals surface area contributed by atoms with Crippen LogP contribution in [0.15, 0.2) is 48.8 Å². The fourth-order valence-electron chi connectivity index (χ4n) is 5.70. The molecule has 44 heavy (non-hydrogen) atoms. The summed E-state index contributed by atoms with van der Waals surface area (Å²) in [5, 5.41) is 12.7. The van der Waals surface area contributed by atoms with E-state index in [1.165, 1.54) is 12.0 Å². The molecule has 2 atom stereocenters. The van der Waals surface area contributed by atoms with E-state index in [0.29, 0.717) is 38.2 Å². The van der Waals surface area contributed by atoms with Crippen molar-refractivity contribution >= 4 is 35.7 Å². The molecule has 14 nitrogen and oxygen atoms in total. The first kappa shape index (κ1) is 32.4. The molecule has 2 saturated heterocycles. The third-order valence-electron chi connectivity index (χ3n) is 8.08. The van der Waals surface area contributed by atoms with Crippen molar-refractivity contribution in [1.29, 1.82) is 0 Å². The molecular weight excluding hydrogens is 572 g/mol. The number of methoxy groups -OCH3 is 2. The molecule has 3 heterocycles. The number of hydrogen-bond donors (Lipinski definition) is 2. The van der Waals surface area contributed by atoms with Crippen molar-refractivity contribution in [3.63, 3.8) is 0 Å². The van der Waals surface area contributed by atoms with Gasteiger partial charge in [0.1, 0.15) is 24.6 Å². The largest absolute Gasteiger partial charge is 0.497 e. The highest BCUT2D eigenvalue weighted by Crippen LogP contribution is 2.28. The lowest BCUT2D eigenvalue weighted by Gasteiger charge is -2.50. The molecule has 2 N–H and O–H groups in total. The Bertz CT molecular complexity index is 1320. The van der Waals surface area contributed by atoms with Gasteiger partial charge in [0.05, 0.1) is 20.6 Å². The number of pyridine rings is 1. The minimum Gasteiger partial charge on any atom is -0.497 e. The van der Waals surface area contributed by atoms with Gasteiger partial charge >= 0.3 is 11.9 Å². The summed E-state index contributed by atoms with van der Waals surface area (Å²) in [4.78, 5) is 74.8. The van der Waals surface area contributed by atoms with E-state index >= 15 is 0 Å². The van der Waals surface area contributed by atoms with Crippen LogP contribution in [0.5, 0.6) is 5.75 Å². The van der Waals surface area contributed by atoms with E-state index in [1.807, 2.05) is 29.2 Å². The number of benzene rings is 1. The number of aromatic nitrogens is 1. The Morgan fingerprint density at radius 2 is 1.70 bits per heavy atom. The van der Waals surface area contributed by atoms with Crippen LogP contribution in [0.1, 0.15) is 18.4 Å². The molecule has 0 aliphatic carbocycles. The van der Waals surface area contributed by atoms with Gasteiger partial charge in [0.2, 0.25) is 5.91 Å². The Morgan fingerprint density at radius 3 is 2.30 bits per heavy atom. The predicted octanol–water partition coefficient (Wildman–Crippen LogP) is -0.0256. The quantitative estimate of drug-likeness (QED) is 0.231. The maximum absolute atomic E-state index is 14.7. The predicted molar refractivity (Wildman–Crippen MR) is 158 cm³/mol. The standard InChI is InChI=1S/C30H38N6O8/c1-43-24-5-3-22(4-6-24)20-32-30(9-18-37,35-15-12-33(13-16-35)23-7-10-31-11-8-23)29(42)36-17-14-34(21-26(38)39)28(41)25(36)19-27(40)44-2/h3-8,10-11,18,25,32H,9,12-17,19-21H2,1-2H3,(H,38,39)/t25-,30-/m0/s1. The first-order valence-corrected chi connectivity index (χ1v) is 14.3. The minimum absolute atomic E-state index is 0.0265. The lowest BCUT2D eigenvalue weighted by Crippen LogP contribution is -2.73. The minimum atomic E-state index is -1.56. The van der Waals surface area contributed by atoms with Crippen molar-refractivity contribution in [2.75, 3.05) is 64.9 Å². The summed E-state index contributed by atoms with van der Waals surface area (Å²) in [6.45, 7) is 1.51. The summed E-state index contributed by atoms with van der Waals surface area (Å²) in [5.41, 5.74) is 0.254. The van der Waals surface area contributed by atoms with Crippen LogP contribution in [-0.2, 0) is 35.3 Å². The van der Waals surface area contributed by atoms with E-state index in [2.05, 4.69) is 15.2 Å². The van der Waals surface area contributed by atoms with Gasteiger partial charge in [-0.1, -0.05) is 12.1 Å². The Hall–Kier alpha value is -4.56. The van der Waals surface area contributed by atoms with Crippen LogP contribution < -0.4 is 15.0 Å². The van der Waals surface area contributed by atoms with E-state index in [0.717, 1.165) is 16.2 Å². The number of aliphatic carboxylic acids is 1. The molecule has 1 aromatic heterocycles. The van der Waals surface area contributed by atoms with Crippen LogP contribution >= 0.6 is 0 Å². The topological polar surface area (TPSA) is 162 Å². The molecular formula is C30H38N6O8. The number of rotatable bonds is 13. The molecule has 0 unspecified atom stereocenters. The summed E-state index contributed by atoms with van der Waals surface area (Å²) in [7, 11) is 2.74. The first-order chi connectivity index (χ1) is 21.2. The molecule has 0 spiro atoms. The van der Waals surface area contributed by atoms with Crippen LogP contribution in [-0.4, -0.2) is 127 Å². The molecule has 0 radical (unpaired) electrons. The normalized spacial score (nSPS) is 18.8. The number of esters is 1. The molecule has 2 fully saturated rings. The molecule has 2 aliphatic heterocycles. The van der Waals surface area contributed by atoms with Crippen molar-refractivity contribution in [2.45, 2.75) is 31.1 Å². The number of hydrogen-bond acceptors (Lipinski definition) is 11. The van der Waals surface area contributed by atoms with Gasteiger partial charge in [-0.2, -0.15) is 0 Å². The number of anilines is 1. The van der Waals surface area contributed by atoms with Crippen LogP contribution in [0.25, 0.3) is 0 Å². The highest BCUT2D eigenvalue weighted by Gasteiger charge is 2.51. The van der Waals surface area contributed by atoms with Gasteiger partial charge in [0.15, 0.2) is 5.66 Å². The summed E-state index contributed by atoms with van der Waals surface area (Å²) in [6.07, 6.45) is 3.40. The fourth-order valence-corrected chi connectivity index (χ4v) is 5.70. The average Bonchev–Trinajstić information content (AvgIpc) is 3.05. The molecule has 2 amide bonds. The van der Waals surface area contributed by atoms with Crippen molar-refractivity contribution in [3.8, 4) is 5.75 Å². The summed E-state index contributed by atoms with van der Waals surface area (Å²) in [5.74, 6) is -2.49. The zero-order valence-electron chi connectivity index (χ0n) is 24.9. The highest BCUT2D eigenvalue weighted by molar-refractivity contribution is 5.96. The lowest BCUT2D eigenvalue weighted by atomic mass is 9.96. The zero-order chi connectivity index (χ0) is 31.7. The summed E-state index contributed by atoms with van der Waals surface area (Å²) in [6, 6.07) is 9.79. The van der Waals surface area contributed by atoms with Gasteiger partial charge in [0.25, 0.3) is 5.91 Å². The number of carbonyl (C=O) groups excluding carboxylic acids is 4. The van der Waals surface area contributed by atoms with Crippen LogP contribution in [0.2, 0.25) is 0 Å². The van der Waals surface area contributed by atoms with E-state index in [1.54, 1.807) is 31.6 Å². The van der Waals surface area contributed by atoms with Crippen molar-refractivity contribution < 1.29 is 38.6 Å². The van der Waals surface area contributed by atoms with Gasteiger partial charge in [0, 0.05) is 70.3 Å². The molecule has 4 rings (SSSR count). The van der Waals surface area contributed by atoms with Gasteiger partial charge < -0.3 is 34.1 Å². The van der Waals surface area contributed by atoms with Gasteiger partial charge in [-0.25, -0.2) is 0 Å². The highest BCUT2D eigenvalue weighted by atomic mass is 16.5. The summed E-state index contributed by atoms with van der Waals surface area (Å²) < 4.78 is 10.1. The third kappa shape index (κ3) is 7.32. The number of amides is 2. The second kappa shape index (κ2) is 14.8. The Balaban J connectivity index is 1.68. The molecule has 2 aromatic rings. The van der Waals surface area contributed by atoms with Gasteiger partial charge in [-0.3, -0.25) is 34.4 Å². The van der Waals surface area contributed by atoms with Crippen LogP contribution in [0.3, 0.4) is 0 Å². The van der Waals surface area contributed by atoms with E-state index < -0.39 is 48.4 Å². The number of carboxylic acid groups (broad SMARTS) is 1. The zero-order valence-corrected chi connectivity index (χ0v) is 24.9. The molecule has 2 aliphatic rings. The van der Waals surface area contributed by atoms with Crippen LogP contribution in [0, 0.1) is 0 Å². The Kier molecular flexibility index (Phi) is 10.8. The first-order valence-electron chi connectivity index (χ1n) is 14.3. The number of ether oxygens (including phenoxy) is 2. The van der Waals surface area contributed by atoms with Gasteiger partial charge in [-0.15, -0.1) is 0 Å². The monoisotopic (exact) mass is 610 g/mol. The molecule has 1 aromatic carbocycles. The fraction of sp³-hybridized carbons (Fsp3) is 0.467. The number of aldehydes is 1. The van der Waals surface area contributed by atoms with Crippen molar-refractivity contribution in [3.05, 3.63) is 54.4 Å². The number of nitrogens with zero attached hydrogens (tertiary/aromatic N) is 5. The maximum atomic E-state index is 14.7. The van der Waals surface area contributed by atoms with E-state index in [-0.39, 0.29) is 26.1 Å². The van der Waals surface area contributed by atoms with E-state index in [4.69, 9.17) is 9.47 Å². The number of nitrogens with one attached hydrogen (secondary N) is 1. The number of piperazine rings is 2.